The van der Waals surface area contributed by atoms with Gasteiger partial charge in [-0.15, -0.1) is 0 Å². The first kappa shape index (κ1) is 12.7. The van der Waals surface area contributed by atoms with E-state index in [0.717, 1.165) is 0 Å². The van der Waals surface area contributed by atoms with Gasteiger partial charge in [-0.1, -0.05) is 0 Å². The third kappa shape index (κ3) is 6.86. The van der Waals surface area contributed by atoms with Gasteiger partial charge in [0, 0.05) is 12.3 Å². The lowest BCUT2D eigenvalue weighted by molar-refractivity contribution is -0.139. The Morgan fingerprint density at radius 3 is 2.77 bits per heavy atom. The molecule has 0 radical (unpaired) electrons. The van der Waals surface area contributed by atoms with Gasteiger partial charge in [-0.25, -0.2) is 0 Å². The molecule has 0 heterocycles. The molecule has 1 unspecified atom stereocenters. The lowest BCUT2D eigenvalue weighted by Gasteiger charge is -2.22. The molecule has 4 nitrogen and oxygen atoms in total. The van der Waals surface area contributed by atoms with Crippen LogP contribution in [0.15, 0.2) is 0 Å². The van der Waals surface area contributed by atoms with Gasteiger partial charge in [-0.2, -0.15) is 11.8 Å². The molecule has 0 fully saturated rings. The number of hydrogen-bond acceptors (Lipinski definition) is 5. The monoisotopic (exact) mass is 207 g/mol. The third-order valence-corrected chi connectivity index (χ3v) is 2.37. The molecule has 13 heavy (non-hydrogen) atoms. The fraction of sp³-hybridized carbons (Fsp3) is 0.875. The van der Waals surface area contributed by atoms with Crippen LogP contribution in [0.25, 0.3) is 0 Å². The summed E-state index contributed by atoms with van der Waals surface area (Å²) in [7, 11) is 1.34. The Kier molecular flexibility index (Phi) is 6.11. The summed E-state index contributed by atoms with van der Waals surface area (Å²) >= 11 is 1.57. The van der Waals surface area contributed by atoms with E-state index in [2.05, 4.69) is 10.1 Å². The molecular weight excluding hydrogens is 190 g/mol. The van der Waals surface area contributed by atoms with Crippen LogP contribution < -0.4 is 5.32 Å². The molecule has 78 valence electrons. The number of esters is 1. The fourth-order valence-electron chi connectivity index (χ4n) is 0.868. The Hall–Kier alpha value is -0.260. The second kappa shape index (κ2) is 6.23. The largest absolute Gasteiger partial charge is 0.468 e. The minimum Gasteiger partial charge on any atom is -0.468 e. The normalized spacial score (nSPS) is 15.1. The van der Waals surface area contributed by atoms with E-state index in [0.29, 0.717) is 12.3 Å². The van der Waals surface area contributed by atoms with Crippen molar-refractivity contribution >= 4 is 17.7 Å². The van der Waals surface area contributed by atoms with Gasteiger partial charge in [0.1, 0.15) is 0 Å². The van der Waals surface area contributed by atoms with E-state index in [1.54, 1.807) is 18.7 Å². The second-order valence-electron chi connectivity index (χ2n) is 3.11. The molecule has 0 aromatic heterocycles. The molecule has 1 atom stereocenters. The standard InChI is InChI=1S/C8H17NO3S/c1-8(11,6-13-3)5-9-4-7(10)12-2/h9,11H,4-6H2,1-3H3. The number of methoxy groups -OCH3 is 1. The van der Waals surface area contributed by atoms with E-state index in [1.165, 1.54) is 7.11 Å². The fourth-order valence-corrected chi connectivity index (χ4v) is 1.59. The number of rotatable bonds is 6. The summed E-state index contributed by atoms with van der Waals surface area (Å²) in [6, 6.07) is 0. The topological polar surface area (TPSA) is 58.6 Å². The second-order valence-corrected chi connectivity index (χ2v) is 3.98. The summed E-state index contributed by atoms with van der Waals surface area (Å²) in [5.74, 6) is 0.321. The molecule has 0 aliphatic heterocycles. The van der Waals surface area contributed by atoms with Gasteiger partial charge in [0.25, 0.3) is 0 Å². The number of nitrogens with one attached hydrogen (secondary N) is 1. The van der Waals surface area contributed by atoms with Crippen LogP contribution >= 0.6 is 11.8 Å². The molecular formula is C8H17NO3S. The van der Waals surface area contributed by atoms with Crippen LogP contribution in [0.5, 0.6) is 0 Å². The first-order valence-corrected chi connectivity index (χ1v) is 5.40. The molecule has 0 aliphatic rings. The van der Waals surface area contributed by atoms with E-state index < -0.39 is 5.60 Å². The van der Waals surface area contributed by atoms with Crippen molar-refractivity contribution in [2.75, 3.05) is 32.2 Å². The molecule has 0 saturated carbocycles. The maximum absolute atomic E-state index is 10.7. The molecule has 0 saturated heterocycles. The van der Waals surface area contributed by atoms with E-state index in [-0.39, 0.29) is 12.5 Å². The summed E-state index contributed by atoms with van der Waals surface area (Å²) in [6.07, 6.45) is 1.93. The highest BCUT2D eigenvalue weighted by Crippen LogP contribution is 2.08. The SMILES string of the molecule is COC(=O)CNCC(C)(O)CSC. The highest BCUT2D eigenvalue weighted by molar-refractivity contribution is 7.98. The minimum absolute atomic E-state index is 0.140. The summed E-state index contributed by atoms with van der Waals surface area (Å²) in [4.78, 5) is 10.7. The highest BCUT2D eigenvalue weighted by atomic mass is 32.2. The van der Waals surface area contributed by atoms with Crippen molar-refractivity contribution in [1.82, 2.24) is 5.32 Å². The zero-order chi connectivity index (χ0) is 10.3. The Morgan fingerprint density at radius 1 is 1.69 bits per heavy atom. The van der Waals surface area contributed by atoms with Crippen LogP contribution in [0, 0.1) is 0 Å². The van der Waals surface area contributed by atoms with Crippen molar-refractivity contribution in [2.24, 2.45) is 0 Å². The Morgan fingerprint density at radius 2 is 2.31 bits per heavy atom. The van der Waals surface area contributed by atoms with Crippen LogP contribution in [-0.2, 0) is 9.53 Å². The van der Waals surface area contributed by atoms with E-state index in [1.807, 2.05) is 6.26 Å². The van der Waals surface area contributed by atoms with Gasteiger partial charge in [-0.3, -0.25) is 4.79 Å². The number of carbonyl (C=O) groups is 1. The van der Waals surface area contributed by atoms with E-state index >= 15 is 0 Å². The molecule has 0 aromatic rings. The molecule has 0 amide bonds. The minimum atomic E-state index is -0.770. The van der Waals surface area contributed by atoms with E-state index in [9.17, 15) is 9.90 Å². The van der Waals surface area contributed by atoms with Crippen molar-refractivity contribution in [3.05, 3.63) is 0 Å². The Bertz CT molecular complexity index is 161. The summed E-state index contributed by atoms with van der Waals surface area (Å²) in [6.45, 7) is 2.26. The van der Waals surface area contributed by atoms with Crippen LogP contribution in [0.2, 0.25) is 0 Å². The zero-order valence-corrected chi connectivity index (χ0v) is 9.11. The van der Waals surface area contributed by atoms with Crippen LogP contribution in [0.1, 0.15) is 6.92 Å². The average molecular weight is 207 g/mol. The molecule has 5 heteroatoms. The quantitative estimate of drug-likeness (QED) is 0.594. The number of aliphatic hydroxyl groups is 1. The van der Waals surface area contributed by atoms with Gasteiger partial charge in [0.2, 0.25) is 0 Å². The van der Waals surface area contributed by atoms with Gasteiger partial charge in [0.15, 0.2) is 0 Å². The van der Waals surface area contributed by atoms with Crippen molar-refractivity contribution in [2.45, 2.75) is 12.5 Å². The van der Waals surface area contributed by atoms with Crippen LogP contribution in [0.4, 0.5) is 0 Å². The average Bonchev–Trinajstić information content (AvgIpc) is 2.03. The number of hydrogen-bond donors (Lipinski definition) is 2. The van der Waals surface area contributed by atoms with Gasteiger partial charge < -0.3 is 15.2 Å². The number of ether oxygens (including phenoxy) is 1. The van der Waals surface area contributed by atoms with Crippen LogP contribution in [0.3, 0.4) is 0 Å². The molecule has 0 spiro atoms. The first-order chi connectivity index (χ1) is 6.02. The molecule has 0 aromatic carbocycles. The maximum atomic E-state index is 10.7. The van der Waals surface area contributed by atoms with Crippen molar-refractivity contribution in [3.8, 4) is 0 Å². The predicted octanol–water partition coefficient (Wildman–Crippen LogP) is -0.137. The van der Waals surface area contributed by atoms with Gasteiger partial charge in [-0.05, 0) is 13.2 Å². The molecule has 0 rings (SSSR count). The highest BCUT2D eigenvalue weighted by Gasteiger charge is 2.19. The lowest BCUT2D eigenvalue weighted by Crippen LogP contribution is -2.41. The Balaban J connectivity index is 3.56. The summed E-state index contributed by atoms with van der Waals surface area (Å²) < 4.78 is 4.44. The zero-order valence-electron chi connectivity index (χ0n) is 8.29. The van der Waals surface area contributed by atoms with Crippen molar-refractivity contribution in [3.63, 3.8) is 0 Å². The third-order valence-electron chi connectivity index (χ3n) is 1.46. The lowest BCUT2D eigenvalue weighted by atomic mass is 10.1. The Labute approximate surface area is 83.0 Å². The first-order valence-electron chi connectivity index (χ1n) is 4.00. The number of thioether (sulfide) groups is 1. The van der Waals surface area contributed by atoms with Crippen molar-refractivity contribution < 1.29 is 14.6 Å². The van der Waals surface area contributed by atoms with Crippen LogP contribution in [-0.4, -0.2) is 48.9 Å². The summed E-state index contributed by atoms with van der Waals surface area (Å²) in [5.41, 5.74) is -0.770. The molecule has 2 N–H and O–H groups in total. The predicted molar refractivity (Wildman–Crippen MR) is 53.9 cm³/mol. The van der Waals surface area contributed by atoms with Gasteiger partial charge in [0.05, 0.1) is 19.3 Å². The molecule has 0 aliphatic carbocycles. The van der Waals surface area contributed by atoms with Crippen molar-refractivity contribution in [1.29, 1.82) is 0 Å². The summed E-state index contributed by atoms with van der Waals surface area (Å²) in [5, 5.41) is 12.5. The van der Waals surface area contributed by atoms with E-state index in [4.69, 9.17) is 0 Å². The maximum Gasteiger partial charge on any atom is 0.319 e. The number of carbonyl (C=O) groups excluding carboxylic acids is 1. The molecule has 0 bridgehead atoms. The van der Waals surface area contributed by atoms with Gasteiger partial charge >= 0.3 is 5.97 Å². The smallest absolute Gasteiger partial charge is 0.319 e.